The van der Waals surface area contributed by atoms with E-state index in [1.807, 2.05) is 0 Å². The minimum atomic E-state index is 0.457. The van der Waals surface area contributed by atoms with Crippen LogP contribution in [0.15, 0.2) is 30.3 Å². The largest absolute Gasteiger partial charge is 0.330 e. The molecular weight excluding hydrogens is 232 g/mol. The molecule has 1 unspecified atom stereocenters. The van der Waals surface area contributed by atoms with Crippen LogP contribution in [-0.4, -0.2) is 24.0 Å². The highest BCUT2D eigenvalue weighted by atomic mass is 15.2. The van der Waals surface area contributed by atoms with E-state index in [4.69, 9.17) is 5.73 Å². The van der Waals surface area contributed by atoms with Gasteiger partial charge in [-0.1, -0.05) is 44.2 Å². The van der Waals surface area contributed by atoms with Gasteiger partial charge in [0.25, 0.3) is 0 Å². The van der Waals surface area contributed by atoms with E-state index in [9.17, 15) is 0 Å². The molecule has 2 heteroatoms. The van der Waals surface area contributed by atoms with Gasteiger partial charge in [-0.3, -0.25) is 4.90 Å². The standard InChI is InChI=1S/C17H26N2/c1-17(2)14(11-18)16(17)15-9-6-10-19(15)12-13-7-4-3-5-8-13/h3-5,7-8,14-16H,6,9-12,18H2,1-2H3/t14-,15?,16+/m1/s1. The van der Waals surface area contributed by atoms with Crippen molar-refractivity contribution >= 4 is 0 Å². The van der Waals surface area contributed by atoms with Crippen LogP contribution in [0.5, 0.6) is 0 Å². The number of hydrogen-bond donors (Lipinski definition) is 1. The second-order valence-electron chi connectivity index (χ2n) is 6.85. The smallest absolute Gasteiger partial charge is 0.0236 e. The van der Waals surface area contributed by atoms with E-state index in [1.165, 1.54) is 24.9 Å². The van der Waals surface area contributed by atoms with Crippen molar-refractivity contribution in [3.05, 3.63) is 35.9 Å². The third kappa shape index (κ3) is 2.32. The van der Waals surface area contributed by atoms with Crippen molar-refractivity contribution in [2.75, 3.05) is 13.1 Å². The Morgan fingerprint density at radius 2 is 2.00 bits per heavy atom. The lowest BCUT2D eigenvalue weighted by molar-refractivity contribution is 0.206. The molecule has 2 aliphatic rings. The molecule has 0 amide bonds. The Balaban J connectivity index is 1.69. The van der Waals surface area contributed by atoms with Gasteiger partial charge in [-0.25, -0.2) is 0 Å². The van der Waals surface area contributed by atoms with Crippen molar-refractivity contribution in [1.29, 1.82) is 0 Å². The summed E-state index contributed by atoms with van der Waals surface area (Å²) in [5, 5.41) is 0. The van der Waals surface area contributed by atoms with Crippen molar-refractivity contribution in [2.24, 2.45) is 23.0 Å². The van der Waals surface area contributed by atoms with Crippen LogP contribution in [0.2, 0.25) is 0 Å². The van der Waals surface area contributed by atoms with E-state index in [2.05, 4.69) is 49.1 Å². The van der Waals surface area contributed by atoms with Crippen LogP contribution in [-0.2, 0) is 6.54 Å². The van der Waals surface area contributed by atoms with Crippen LogP contribution < -0.4 is 5.73 Å². The third-order valence-corrected chi connectivity index (χ3v) is 5.45. The fraction of sp³-hybridized carbons (Fsp3) is 0.647. The number of likely N-dealkylation sites (tertiary alicyclic amines) is 1. The molecule has 0 bridgehead atoms. The van der Waals surface area contributed by atoms with Gasteiger partial charge in [0.05, 0.1) is 0 Å². The molecule has 2 N–H and O–H groups in total. The SMILES string of the molecule is CC1(C)[C@H](CN)[C@H]1C1CCCN1Cc1ccccc1. The molecule has 2 fully saturated rings. The van der Waals surface area contributed by atoms with Crippen molar-refractivity contribution in [1.82, 2.24) is 4.90 Å². The summed E-state index contributed by atoms with van der Waals surface area (Å²) in [7, 11) is 0. The fourth-order valence-corrected chi connectivity index (χ4v) is 4.27. The number of rotatable bonds is 4. The zero-order valence-corrected chi connectivity index (χ0v) is 12.2. The lowest BCUT2D eigenvalue weighted by Crippen LogP contribution is -2.32. The van der Waals surface area contributed by atoms with Crippen molar-refractivity contribution < 1.29 is 0 Å². The summed E-state index contributed by atoms with van der Waals surface area (Å²) in [6.07, 6.45) is 2.71. The average molecular weight is 258 g/mol. The van der Waals surface area contributed by atoms with Crippen LogP contribution in [0.3, 0.4) is 0 Å². The zero-order valence-electron chi connectivity index (χ0n) is 12.2. The minimum absolute atomic E-state index is 0.457. The Hall–Kier alpha value is -0.860. The van der Waals surface area contributed by atoms with E-state index in [-0.39, 0.29) is 0 Å². The molecule has 1 saturated carbocycles. The summed E-state index contributed by atoms with van der Waals surface area (Å²) >= 11 is 0. The Bertz CT molecular complexity index is 426. The van der Waals surface area contributed by atoms with Gasteiger partial charge in [0.1, 0.15) is 0 Å². The molecule has 2 nitrogen and oxygen atoms in total. The Morgan fingerprint density at radius 3 is 2.63 bits per heavy atom. The molecule has 1 aromatic carbocycles. The molecule has 0 aromatic heterocycles. The van der Waals surface area contributed by atoms with Crippen molar-refractivity contribution in [3.63, 3.8) is 0 Å². The number of benzene rings is 1. The topological polar surface area (TPSA) is 29.3 Å². The minimum Gasteiger partial charge on any atom is -0.330 e. The predicted molar refractivity (Wildman–Crippen MR) is 79.7 cm³/mol. The Kier molecular flexibility index (Phi) is 3.40. The first kappa shape index (κ1) is 13.1. The number of nitrogens with zero attached hydrogens (tertiary/aromatic N) is 1. The molecule has 0 radical (unpaired) electrons. The monoisotopic (exact) mass is 258 g/mol. The first-order valence-electron chi connectivity index (χ1n) is 7.62. The van der Waals surface area contributed by atoms with Gasteiger partial charge in [-0.2, -0.15) is 0 Å². The molecule has 1 aromatic rings. The molecule has 3 atom stereocenters. The molecule has 19 heavy (non-hydrogen) atoms. The van der Waals surface area contributed by atoms with Gasteiger partial charge in [0.2, 0.25) is 0 Å². The molecule has 1 heterocycles. The van der Waals surface area contributed by atoms with E-state index < -0.39 is 0 Å². The highest BCUT2D eigenvalue weighted by molar-refractivity contribution is 5.16. The molecule has 104 valence electrons. The second-order valence-corrected chi connectivity index (χ2v) is 6.85. The van der Waals surface area contributed by atoms with E-state index >= 15 is 0 Å². The molecule has 1 saturated heterocycles. The summed E-state index contributed by atoms with van der Waals surface area (Å²) in [4.78, 5) is 2.69. The quantitative estimate of drug-likeness (QED) is 0.900. The van der Waals surface area contributed by atoms with Crippen molar-refractivity contribution in [3.8, 4) is 0 Å². The average Bonchev–Trinajstić information content (AvgIpc) is 2.72. The molecule has 3 rings (SSSR count). The third-order valence-electron chi connectivity index (χ3n) is 5.45. The van der Waals surface area contributed by atoms with E-state index in [0.717, 1.165) is 31.0 Å². The van der Waals surface area contributed by atoms with Gasteiger partial charge in [-0.05, 0) is 48.7 Å². The zero-order chi connectivity index (χ0) is 13.5. The van der Waals surface area contributed by atoms with Gasteiger partial charge in [-0.15, -0.1) is 0 Å². The Morgan fingerprint density at radius 1 is 1.26 bits per heavy atom. The highest BCUT2D eigenvalue weighted by Gasteiger charge is 2.61. The summed E-state index contributed by atoms with van der Waals surface area (Å²) < 4.78 is 0. The summed E-state index contributed by atoms with van der Waals surface area (Å²) in [5.74, 6) is 1.54. The molecule has 0 spiro atoms. The summed E-state index contributed by atoms with van der Waals surface area (Å²) in [6.45, 7) is 8.01. The maximum atomic E-state index is 5.95. The normalized spacial score (nSPS) is 33.5. The summed E-state index contributed by atoms with van der Waals surface area (Å²) in [6, 6.07) is 11.6. The molecule has 1 aliphatic carbocycles. The fourth-order valence-electron chi connectivity index (χ4n) is 4.27. The van der Waals surface area contributed by atoms with Gasteiger partial charge < -0.3 is 5.73 Å². The van der Waals surface area contributed by atoms with Crippen molar-refractivity contribution in [2.45, 2.75) is 39.3 Å². The van der Waals surface area contributed by atoms with Crippen LogP contribution in [0.4, 0.5) is 0 Å². The molecular formula is C17H26N2. The van der Waals surface area contributed by atoms with Crippen LogP contribution in [0.1, 0.15) is 32.3 Å². The summed E-state index contributed by atoms with van der Waals surface area (Å²) in [5.41, 5.74) is 7.85. The number of nitrogens with two attached hydrogens (primary N) is 1. The van der Waals surface area contributed by atoms with Gasteiger partial charge in [0.15, 0.2) is 0 Å². The maximum Gasteiger partial charge on any atom is 0.0236 e. The maximum absolute atomic E-state index is 5.95. The van der Waals surface area contributed by atoms with Gasteiger partial charge >= 0.3 is 0 Å². The van der Waals surface area contributed by atoms with E-state index in [1.54, 1.807) is 0 Å². The van der Waals surface area contributed by atoms with Crippen LogP contribution >= 0.6 is 0 Å². The second kappa shape index (κ2) is 4.92. The first-order chi connectivity index (χ1) is 9.14. The molecule has 1 aliphatic heterocycles. The predicted octanol–water partition coefficient (Wildman–Crippen LogP) is 2.88. The lowest BCUT2D eigenvalue weighted by Gasteiger charge is -2.26. The van der Waals surface area contributed by atoms with E-state index in [0.29, 0.717) is 5.41 Å². The Labute approximate surface area is 117 Å². The van der Waals surface area contributed by atoms with Crippen LogP contribution in [0, 0.1) is 17.3 Å². The number of hydrogen-bond acceptors (Lipinski definition) is 2. The van der Waals surface area contributed by atoms with Gasteiger partial charge in [0, 0.05) is 12.6 Å². The lowest BCUT2D eigenvalue weighted by atomic mass is 10.0. The first-order valence-corrected chi connectivity index (χ1v) is 7.62. The van der Waals surface area contributed by atoms with Crippen LogP contribution in [0.25, 0.3) is 0 Å². The highest BCUT2D eigenvalue weighted by Crippen LogP contribution is 2.61.